The molecule has 0 amide bonds. The summed E-state index contributed by atoms with van der Waals surface area (Å²) in [6, 6.07) is 0.993. The second kappa shape index (κ2) is 5.80. The summed E-state index contributed by atoms with van der Waals surface area (Å²) >= 11 is 0. The van der Waals surface area contributed by atoms with Gasteiger partial charge in [0.05, 0.1) is 6.20 Å². The van der Waals surface area contributed by atoms with Crippen LogP contribution in [0.2, 0.25) is 0 Å². The Bertz CT molecular complexity index is 431. The van der Waals surface area contributed by atoms with Crippen LogP contribution in [0.3, 0.4) is 0 Å². The molecule has 0 aliphatic heterocycles. The van der Waals surface area contributed by atoms with Crippen LogP contribution in [0.1, 0.15) is 42.5 Å². The SMILES string of the molecule is O=C(O)c1cc(F)cnc1NCCC1CCCC1. The Morgan fingerprint density at radius 1 is 1.50 bits per heavy atom. The van der Waals surface area contributed by atoms with Crippen LogP contribution in [0.5, 0.6) is 0 Å². The Morgan fingerprint density at radius 3 is 2.89 bits per heavy atom. The van der Waals surface area contributed by atoms with Gasteiger partial charge in [-0.3, -0.25) is 0 Å². The highest BCUT2D eigenvalue weighted by Crippen LogP contribution is 2.27. The lowest BCUT2D eigenvalue weighted by molar-refractivity contribution is 0.0697. The number of pyridine rings is 1. The van der Waals surface area contributed by atoms with E-state index < -0.39 is 11.8 Å². The maximum absolute atomic E-state index is 12.9. The number of hydrogen-bond acceptors (Lipinski definition) is 3. The maximum Gasteiger partial charge on any atom is 0.339 e. The number of aromatic nitrogens is 1. The van der Waals surface area contributed by atoms with Crippen molar-refractivity contribution >= 4 is 11.8 Å². The van der Waals surface area contributed by atoms with Crippen LogP contribution in [0.25, 0.3) is 0 Å². The Hall–Kier alpha value is -1.65. The van der Waals surface area contributed by atoms with Crippen molar-refractivity contribution in [1.82, 2.24) is 4.98 Å². The lowest BCUT2D eigenvalue weighted by Crippen LogP contribution is -2.12. The third kappa shape index (κ3) is 3.18. The van der Waals surface area contributed by atoms with E-state index in [1.165, 1.54) is 25.7 Å². The van der Waals surface area contributed by atoms with Gasteiger partial charge in [-0.15, -0.1) is 0 Å². The van der Waals surface area contributed by atoms with Crippen molar-refractivity contribution in [2.45, 2.75) is 32.1 Å². The Kier molecular flexibility index (Phi) is 4.12. The van der Waals surface area contributed by atoms with Crippen LogP contribution in [-0.4, -0.2) is 22.6 Å². The fraction of sp³-hybridized carbons (Fsp3) is 0.538. The third-order valence-corrected chi connectivity index (χ3v) is 3.40. The van der Waals surface area contributed by atoms with Crippen molar-refractivity contribution in [1.29, 1.82) is 0 Å². The number of halogens is 1. The van der Waals surface area contributed by atoms with E-state index in [1.54, 1.807) is 0 Å². The number of nitrogens with zero attached hydrogens (tertiary/aromatic N) is 1. The molecule has 1 saturated carbocycles. The predicted octanol–water partition coefficient (Wildman–Crippen LogP) is 2.91. The molecule has 0 unspecified atom stereocenters. The Labute approximate surface area is 105 Å². The molecular weight excluding hydrogens is 235 g/mol. The average molecular weight is 252 g/mol. The first-order chi connectivity index (χ1) is 8.66. The lowest BCUT2D eigenvalue weighted by Gasteiger charge is -2.11. The zero-order valence-electron chi connectivity index (χ0n) is 10.2. The highest BCUT2D eigenvalue weighted by Gasteiger charge is 2.16. The first-order valence-electron chi connectivity index (χ1n) is 6.29. The molecule has 1 aromatic rings. The molecule has 0 atom stereocenters. The van der Waals surface area contributed by atoms with E-state index in [2.05, 4.69) is 10.3 Å². The average Bonchev–Trinajstić information content (AvgIpc) is 2.84. The number of hydrogen-bond donors (Lipinski definition) is 2. The van der Waals surface area contributed by atoms with Gasteiger partial charge in [-0.2, -0.15) is 0 Å². The van der Waals surface area contributed by atoms with Crippen molar-refractivity contribution in [2.75, 3.05) is 11.9 Å². The zero-order valence-corrected chi connectivity index (χ0v) is 10.2. The van der Waals surface area contributed by atoms with E-state index in [1.807, 2.05) is 0 Å². The Balaban J connectivity index is 1.93. The molecule has 18 heavy (non-hydrogen) atoms. The molecule has 0 radical (unpaired) electrons. The molecule has 1 aromatic heterocycles. The number of nitrogens with one attached hydrogen (secondary N) is 1. The van der Waals surface area contributed by atoms with Crippen molar-refractivity contribution in [3.8, 4) is 0 Å². The first-order valence-corrected chi connectivity index (χ1v) is 6.29. The highest BCUT2D eigenvalue weighted by atomic mass is 19.1. The van der Waals surface area contributed by atoms with E-state index in [0.717, 1.165) is 24.6 Å². The summed E-state index contributed by atoms with van der Waals surface area (Å²) in [6.07, 6.45) is 7.14. The fourth-order valence-corrected chi connectivity index (χ4v) is 2.44. The van der Waals surface area contributed by atoms with E-state index in [4.69, 9.17) is 5.11 Å². The smallest absolute Gasteiger partial charge is 0.339 e. The molecule has 0 bridgehead atoms. The van der Waals surface area contributed by atoms with Crippen LogP contribution in [0, 0.1) is 11.7 Å². The highest BCUT2D eigenvalue weighted by molar-refractivity contribution is 5.93. The van der Waals surface area contributed by atoms with Gasteiger partial charge in [0.15, 0.2) is 0 Å². The van der Waals surface area contributed by atoms with Gasteiger partial charge in [-0.05, 0) is 18.4 Å². The number of anilines is 1. The lowest BCUT2D eigenvalue weighted by atomic mass is 10.0. The van der Waals surface area contributed by atoms with Gasteiger partial charge >= 0.3 is 5.97 Å². The fourth-order valence-electron chi connectivity index (χ4n) is 2.44. The van der Waals surface area contributed by atoms with Crippen LogP contribution >= 0.6 is 0 Å². The van der Waals surface area contributed by atoms with E-state index in [-0.39, 0.29) is 11.4 Å². The quantitative estimate of drug-likeness (QED) is 0.845. The molecular formula is C13H17FN2O2. The van der Waals surface area contributed by atoms with Crippen LogP contribution in [0.15, 0.2) is 12.3 Å². The van der Waals surface area contributed by atoms with Crippen LogP contribution in [-0.2, 0) is 0 Å². The number of carboxylic acids is 1. The topological polar surface area (TPSA) is 62.2 Å². The summed E-state index contributed by atoms with van der Waals surface area (Å²) < 4.78 is 12.9. The first kappa shape index (κ1) is 12.8. The second-order valence-electron chi connectivity index (χ2n) is 4.72. The van der Waals surface area contributed by atoms with Crippen molar-refractivity contribution in [2.24, 2.45) is 5.92 Å². The molecule has 1 aliphatic carbocycles. The summed E-state index contributed by atoms with van der Waals surface area (Å²) in [5.74, 6) is -0.813. The summed E-state index contributed by atoms with van der Waals surface area (Å²) in [5.41, 5.74) is -0.110. The molecule has 0 saturated heterocycles. The summed E-state index contributed by atoms with van der Waals surface area (Å²) in [5, 5.41) is 11.9. The molecule has 1 heterocycles. The number of carbonyl (C=O) groups is 1. The molecule has 5 heteroatoms. The minimum absolute atomic E-state index is 0.110. The molecule has 4 nitrogen and oxygen atoms in total. The molecule has 0 aromatic carbocycles. The predicted molar refractivity (Wildman–Crippen MR) is 66.2 cm³/mol. The standard InChI is InChI=1S/C13H17FN2O2/c14-10-7-11(13(17)18)12(16-8-10)15-6-5-9-3-1-2-4-9/h7-9H,1-6H2,(H,15,16)(H,17,18). The molecule has 1 aliphatic rings. The molecule has 2 rings (SSSR count). The van der Waals surface area contributed by atoms with Gasteiger partial charge in [-0.25, -0.2) is 14.2 Å². The number of aromatic carboxylic acids is 1. The Morgan fingerprint density at radius 2 is 2.22 bits per heavy atom. The third-order valence-electron chi connectivity index (χ3n) is 3.40. The zero-order chi connectivity index (χ0) is 13.0. The summed E-state index contributed by atoms with van der Waals surface area (Å²) in [6.45, 7) is 0.684. The van der Waals surface area contributed by atoms with Gasteiger partial charge in [0.1, 0.15) is 17.2 Å². The summed E-state index contributed by atoms with van der Waals surface area (Å²) in [7, 11) is 0. The van der Waals surface area contributed by atoms with Crippen molar-refractivity contribution < 1.29 is 14.3 Å². The maximum atomic E-state index is 12.9. The minimum atomic E-state index is -1.16. The van der Waals surface area contributed by atoms with Gasteiger partial charge in [0.2, 0.25) is 0 Å². The van der Waals surface area contributed by atoms with E-state index >= 15 is 0 Å². The van der Waals surface area contributed by atoms with Gasteiger partial charge < -0.3 is 10.4 Å². The largest absolute Gasteiger partial charge is 0.478 e. The molecule has 0 spiro atoms. The summed E-state index contributed by atoms with van der Waals surface area (Å²) in [4.78, 5) is 14.7. The van der Waals surface area contributed by atoms with Gasteiger partial charge in [0, 0.05) is 6.54 Å². The second-order valence-corrected chi connectivity index (χ2v) is 4.72. The number of rotatable bonds is 5. The van der Waals surface area contributed by atoms with Crippen LogP contribution < -0.4 is 5.32 Å². The van der Waals surface area contributed by atoms with Gasteiger partial charge in [-0.1, -0.05) is 25.7 Å². The number of carboxylic acid groups (broad SMARTS) is 1. The van der Waals surface area contributed by atoms with E-state index in [0.29, 0.717) is 6.54 Å². The van der Waals surface area contributed by atoms with Crippen molar-refractivity contribution in [3.63, 3.8) is 0 Å². The van der Waals surface area contributed by atoms with Gasteiger partial charge in [0.25, 0.3) is 0 Å². The van der Waals surface area contributed by atoms with Crippen molar-refractivity contribution in [3.05, 3.63) is 23.6 Å². The molecule has 98 valence electrons. The minimum Gasteiger partial charge on any atom is -0.478 e. The molecule has 1 fully saturated rings. The van der Waals surface area contributed by atoms with Crippen LogP contribution in [0.4, 0.5) is 10.2 Å². The monoisotopic (exact) mass is 252 g/mol. The normalized spacial score (nSPS) is 15.8. The molecule has 2 N–H and O–H groups in total. The van der Waals surface area contributed by atoms with E-state index in [9.17, 15) is 9.18 Å².